The van der Waals surface area contributed by atoms with Crippen molar-refractivity contribution in [1.82, 2.24) is 5.32 Å². The topological polar surface area (TPSA) is 58.6 Å². The molecule has 17 heavy (non-hydrogen) atoms. The van der Waals surface area contributed by atoms with E-state index >= 15 is 0 Å². The van der Waals surface area contributed by atoms with E-state index in [-0.39, 0.29) is 6.04 Å². The number of carboxylic acids is 1. The summed E-state index contributed by atoms with van der Waals surface area (Å²) in [5.41, 5.74) is -1.40. The van der Waals surface area contributed by atoms with Gasteiger partial charge in [0, 0.05) is 19.6 Å². The van der Waals surface area contributed by atoms with E-state index < -0.39 is 17.1 Å². The zero-order chi connectivity index (χ0) is 13.7. The summed E-state index contributed by atoms with van der Waals surface area (Å²) in [6, 6.07) is 0.189. The van der Waals surface area contributed by atoms with Gasteiger partial charge in [-0.1, -0.05) is 13.3 Å². The molecule has 0 aliphatic heterocycles. The molecule has 0 heterocycles. The second-order valence-electron chi connectivity index (χ2n) is 5.61. The Morgan fingerprint density at radius 3 is 2.29 bits per heavy atom. The standard InChI is InChI=1S/C13H27NO3/c1-7-8-10(2)14-13(5,11(15)16)9-12(3,4)17-6/h10,14H,7-9H2,1-6H3,(H,15,16). The highest BCUT2D eigenvalue weighted by Gasteiger charge is 2.39. The first-order valence-corrected chi connectivity index (χ1v) is 6.23. The Morgan fingerprint density at radius 2 is 1.94 bits per heavy atom. The third-order valence-corrected chi connectivity index (χ3v) is 3.09. The molecule has 4 heteroatoms. The molecule has 0 aromatic rings. The minimum atomic E-state index is -0.950. The summed E-state index contributed by atoms with van der Waals surface area (Å²) < 4.78 is 5.32. The van der Waals surface area contributed by atoms with Crippen LogP contribution in [0, 0.1) is 0 Å². The summed E-state index contributed by atoms with van der Waals surface area (Å²) in [7, 11) is 1.61. The van der Waals surface area contributed by atoms with Gasteiger partial charge in [-0.2, -0.15) is 0 Å². The number of ether oxygens (including phenoxy) is 1. The molecule has 0 amide bonds. The number of hydrogen-bond acceptors (Lipinski definition) is 3. The van der Waals surface area contributed by atoms with Gasteiger partial charge in [0.15, 0.2) is 0 Å². The van der Waals surface area contributed by atoms with Crippen molar-refractivity contribution in [3.8, 4) is 0 Å². The lowest BCUT2D eigenvalue weighted by Gasteiger charge is -2.36. The van der Waals surface area contributed by atoms with Crippen LogP contribution in [0.5, 0.6) is 0 Å². The van der Waals surface area contributed by atoms with E-state index in [0.717, 1.165) is 12.8 Å². The Kier molecular flexibility index (Phi) is 6.13. The number of carboxylic acid groups (broad SMARTS) is 1. The zero-order valence-corrected chi connectivity index (χ0v) is 12.0. The van der Waals surface area contributed by atoms with E-state index in [2.05, 4.69) is 12.2 Å². The molecule has 0 aliphatic rings. The average Bonchev–Trinajstić information content (AvgIpc) is 2.16. The molecular weight excluding hydrogens is 218 g/mol. The van der Waals surface area contributed by atoms with Crippen LogP contribution in [0.4, 0.5) is 0 Å². The van der Waals surface area contributed by atoms with Crippen molar-refractivity contribution in [1.29, 1.82) is 0 Å². The van der Waals surface area contributed by atoms with Crippen LogP contribution in [-0.2, 0) is 9.53 Å². The number of nitrogens with one attached hydrogen (secondary N) is 1. The van der Waals surface area contributed by atoms with Crippen LogP contribution in [0.15, 0.2) is 0 Å². The van der Waals surface area contributed by atoms with Crippen LogP contribution >= 0.6 is 0 Å². The highest BCUT2D eigenvalue weighted by Crippen LogP contribution is 2.24. The van der Waals surface area contributed by atoms with Gasteiger partial charge in [-0.05, 0) is 34.1 Å². The van der Waals surface area contributed by atoms with Crippen molar-refractivity contribution in [3.05, 3.63) is 0 Å². The number of aliphatic carboxylic acids is 1. The molecule has 0 radical (unpaired) electrons. The van der Waals surface area contributed by atoms with Crippen molar-refractivity contribution >= 4 is 5.97 Å². The molecular formula is C13H27NO3. The van der Waals surface area contributed by atoms with Gasteiger partial charge in [-0.25, -0.2) is 0 Å². The number of methoxy groups -OCH3 is 1. The van der Waals surface area contributed by atoms with E-state index in [1.54, 1.807) is 14.0 Å². The van der Waals surface area contributed by atoms with Gasteiger partial charge in [-0.15, -0.1) is 0 Å². The monoisotopic (exact) mass is 245 g/mol. The number of rotatable bonds is 8. The fourth-order valence-electron chi connectivity index (χ4n) is 2.16. The van der Waals surface area contributed by atoms with Crippen LogP contribution in [-0.4, -0.2) is 35.4 Å². The Labute approximate surface area is 105 Å². The van der Waals surface area contributed by atoms with Gasteiger partial charge in [0.25, 0.3) is 0 Å². The van der Waals surface area contributed by atoms with Crippen molar-refractivity contribution < 1.29 is 14.6 Å². The molecule has 0 aromatic carbocycles. The lowest BCUT2D eigenvalue weighted by atomic mass is 9.86. The van der Waals surface area contributed by atoms with E-state index in [4.69, 9.17) is 4.74 Å². The van der Waals surface area contributed by atoms with Crippen LogP contribution < -0.4 is 5.32 Å². The number of hydrogen-bond donors (Lipinski definition) is 2. The maximum atomic E-state index is 11.4. The van der Waals surface area contributed by atoms with Crippen molar-refractivity contribution in [2.75, 3.05) is 7.11 Å². The van der Waals surface area contributed by atoms with E-state index in [0.29, 0.717) is 6.42 Å². The molecule has 0 rings (SSSR count). The minimum Gasteiger partial charge on any atom is -0.480 e. The normalized spacial score (nSPS) is 17.5. The maximum absolute atomic E-state index is 11.4. The van der Waals surface area contributed by atoms with Crippen LogP contribution in [0.2, 0.25) is 0 Å². The second kappa shape index (κ2) is 6.36. The average molecular weight is 245 g/mol. The van der Waals surface area contributed by atoms with E-state index in [9.17, 15) is 9.90 Å². The molecule has 0 aromatic heterocycles. The van der Waals surface area contributed by atoms with E-state index in [1.807, 2.05) is 20.8 Å². The molecule has 0 saturated heterocycles. The van der Waals surface area contributed by atoms with Gasteiger partial charge >= 0.3 is 5.97 Å². The molecule has 0 bridgehead atoms. The predicted octanol–water partition coefficient (Wildman–Crippen LogP) is 2.42. The van der Waals surface area contributed by atoms with Gasteiger partial charge < -0.3 is 9.84 Å². The van der Waals surface area contributed by atoms with Gasteiger partial charge in [0.1, 0.15) is 5.54 Å². The Hall–Kier alpha value is -0.610. The van der Waals surface area contributed by atoms with Gasteiger partial charge in [0.05, 0.1) is 5.60 Å². The minimum absolute atomic E-state index is 0.189. The lowest BCUT2D eigenvalue weighted by molar-refractivity contribution is -0.147. The van der Waals surface area contributed by atoms with Crippen LogP contribution in [0.3, 0.4) is 0 Å². The molecule has 2 atom stereocenters. The summed E-state index contributed by atoms with van der Waals surface area (Å²) in [6.45, 7) is 9.64. The van der Waals surface area contributed by atoms with Crippen molar-refractivity contribution in [2.24, 2.45) is 0 Å². The first-order valence-electron chi connectivity index (χ1n) is 6.23. The highest BCUT2D eigenvalue weighted by atomic mass is 16.5. The smallest absolute Gasteiger partial charge is 0.323 e. The third kappa shape index (κ3) is 5.50. The maximum Gasteiger partial charge on any atom is 0.323 e. The second-order valence-corrected chi connectivity index (χ2v) is 5.61. The van der Waals surface area contributed by atoms with Crippen LogP contribution in [0.1, 0.15) is 53.9 Å². The molecule has 0 fully saturated rings. The molecule has 0 saturated carbocycles. The quantitative estimate of drug-likeness (QED) is 0.689. The van der Waals surface area contributed by atoms with Gasteiger partial charge in [-0.3, -0.25) is 10.1 Å². The third-order valence-electron chi connectivity index (χ3n) is 3.09. The fourth-order valence-corrected chi connectivity index (χ4v) is 2.16. The molecule has 0 spiro atoms. The Balaban J connectivity index is 4.74. The largest absolute Gasteiger partial charge is 0.480 e. The summed E-state index contributed by atoms with van der Waals surface area (Å²) in [5.74, 6) is -0.828. The fraction of sp³-hybridized carbons (Fsp3) is 0.923. The summed E-state index contributed by atoms with van der Waals surface area (Å²) in [6.07, 6.45) is 2.44. The first-order chi connectivity index (χ1) is 7.67. The Morgan fingerprint density at radius 1 is 1.41 bits per heavy atom. The molecule has 2 unspecified atom stereocenters. The van der Waals surface area contributed by atoms with Crippen molar-refractivity contribution in [2.45, 2.75) is 71.1 Å². The molecule has 102 valence electrons. The van der Waals surface area contributed by atoms with Gasteiger partial charge in [0.2, 0.25) is 0 Å². The highest BCUT2D eigenvalue weighted by molar-refractivity contribution is 5.78. The summed E-state index contributed by atoms with van der Waals surface area (Å²) in [5, 5.41) is 12.6. The SMILES string of the molecule is CCCC(C)NC(C)(CC(C)(C)OC)C(=O)O. The first kappa shape index (κ1) is 16.4. The number of carbonyl (C=O) groups is 1. The zero-order valence-electron chi connectivity index (χ0n) is 12.0. The van der Waals surface area contributed by atoms with Crippen molar-refractivity contribution in [3.63, 3.8) is 0 Å². The summed E-state index contributed by atoms with van der Waals surface area (Å²) >= 11 is 0. The molecule has 4 nitrogen and oxygen atoms in total. The predicted molar refractivity (Wildman–Crippen MR) is 69.3 cm³/mol. The van der Waals surface area contributed by atoms with Crippen LogP contribution in [0.25, 0.3) is 0 Å². The molecule has 0 aliphatic carbocycles. The van der Waals surface area contributed by atoms with E-state index in [1.165, 1.54) is 0 Å². The molecule has 2 N–H and O–H groups in total. The summed E-state index contributed by atoms with van der Waals surface area (Å²) in [4.78, 5) is 11.4. The lowest BCUT2D eigenvalue weighted by Crippen LogP contribution is -2.56. The Bertz CT molecular complexity index is 253.